The zero-order valence-electron chi connectivity index (χ0n) is 10.9. The molecule has 0 aromatic rings. The Kier molecular flexibility index (Phi) is 5.73. The van der Waals surface area contributed by atoms with Gasteiger partial charge in [0, 0.05) is 25.2 Å². The van der Waals surface area contributed by atoms with E-state index >= 15 is 0 Å². The number of aliphatic hydroxyl groups excluding tert-OH is 1. The first-order valence-electron chi connectivity index (χ1n) is 6.67. The van der Waals surface area contributed by atoms with Crippen LogP contribution in [0.5, 0.6) is 0 Å². The van der Waals surface area contributed by atoms with Gasteiger partial charge in [-0.15, -0.1) is 0 Å². The van der Waals surface area contributed by atoms with Gasteiger partial charge in [-0.3, -0.25) is 4.90 Å². The van der Waals surface area contributed by atoms with Gasteiger partial charge in [0.2, 0.25) is 0 Å². The Morgan fingerprint density at radius 3 is 2.25 bits per heavy atom. The van der Waals surface area contributed by atoms with E-state index in [4.69, 9.17) is 10.8 Å². The molecule has 0 bridgehead atoms. The van der Waals surface area contributed by atoms with E-state index in [1.165, 1.54) is 38.5 Å². The highest BCUT2D eigenvalue weighted by atomic mass is 16.3. The van der Waals surface area contributed by atoms with Crippen LogP contribution in [0.4, 0.5) is 0 Å². The Labute approximate surface area is 100 Å². The van der Waals surface area contributed by atoms with Crippen molar-refractivity contribution in [2.45, 2.75) is 51.0 Å². The zero-order valence-corrected chi connectivity index (χ0v) is 10.9. The lowest BCUT2D eigenvalue weighted by atomic mass is 9.88. The first kappa shape index (κ1) is 13.9. The van der Waals surface area contributed by atoms with Crippen LogP contribution in [-0.4, -0.2) is 42.3 Å². The number of likely N-dealkylation sites (N-methyl/N-ethyl adjacent to an activating group) is 1. The number of hydrogen-bond acceptors (Lipinski definition) is 3. The van der Waals surface area contributed by atoms with Crippen LogP contribution in [0.15, 0.2) is 0 Å². The molecule has 0 aromatic heterocycles. The van der Waals surface area contributed by atoms with E-state index in [1.807, 2.05) is 0 Å². The summed E-state index contributed by atoms with van der Waals surface area (Å²) in [5.41, 5.74) is 6.22. The van der Waals surface area contributed by atoms with Gasteiger partial charge < -0.3 is 10.8 Å². The fourth-order valence-electron chi connectivity index (χ4n) is 2.85. The van der Waals surface area contributed by atoms with Crippen molar-refractivity contribution in [2.24, 2.45) is 11.7 Å². The molecule has 1 saturated carbocycles. The Morgan fingerprint density at radius 2 is 1.81 bits per heavy atom. The predicted molar refractivity (Wildman–Crippen MR) is 68.4 cm³/mol. The third-order valence-electron chi connectivity index (χ3n) is 4.12. The Bertz CT molecular complexity index is 188. The molecule has 3 heteroatoms. The van der Waals surface area contributed by atoms with Crippen LogP contribution in [0.3, 0.4) is 0 Å². The van der Waals surface area contributed by atoms with E-state index in [1.54, 1.807) is 0 Å². The van der Waals surface area contributed by atoms with Crippen LogP contribution in [0.25, 0.3) is 0 Å². The van der Waals surface area contributed by atoms with Gasteiger partial charge in [0.25, 0.3) is 0 Å². The Balaban J connectivity index is 2.61. The normalized spacial score (nSPS) is 23.1. The van der Waals surface area contributed by atoms with Gasteiger partial charge in [-0.2, -0.15) is 0 Å². The predicted octanol–water partition coefficient (Wildman–Crippen LogP) is 1.60. The fourth-order valence-corrected chi connectivity index (χ4v) is 2.85. The molecule has 0 spiro atoms. The smallest absolute Gasteiger partial charge is 0.0468 e. The molecule has 1 rings (SSSR count). The number of aliphatic hydroxyl groups is 1. The standard InChI is InChI=1S/C13H28N2O/c1-12(10-16)9-15(2)13(11-14)7-5-3-4-6-8-13/h12,16H,3-11,14H2,1-2H3. The maximum atomic E-state index is 9.14. The fraction of sp³-hybridized carbons (Fsp3) is 1.00. The molecule has 96 valence electrons. The largest absolute Gasteiger partial charge is 0.396 e. The molecule has 1 unspecified atom stereocenters. The summed E-state index contributed by atoms with van der Waals surface area (Å²) in [6.07, 6.45) is 7.75. The second kappa shape index (κ2) is 6.58. The number of nitrogens with zero attached hydrogens (tertiary/aromatic N) is 1. The lowest BCUT2D eigenvalue weighted by molar-refractivity contribution is 0.0778. The van der Waals surface area contributed by atoms with Crippen LogP contribution in [0.1, 0.15) is 45.4 Å². The summed E-state index contributed by atoms with van der Waals surface area (Å²) < 4.78 is 0. The highest BCUT2D eigenvalue weighted by Crippen LogP contribution is 2.31. The molecule has 1 atom stereocenters. The summed E-state index contributed by atoms with van der Waals surface area (Å²) in [5, 5.41) is 9.14. The first-order valence-corrected chi connectivity index (χ1v) is 6.67. The summed E-state index contributed by atoms with van der Waals surface area (Å²) >= 11 is 0. The lowest BCUT2D eigenvalue weighted by Crippen LogP contribution is -2.53. The number of nitrogens with two attached hydrogens (primary N) is 1. The van der Waals surface area contributed by atoms with Gasteiger partial charge in [-0.25, -0.2) is 0 Å². The van der Waals surface area contributed by atoms with Crippen LogP contribution in [-0.2, 0) is 0 Å². The minimum absolute atomic E-state index is 0.194. The number of hydrogen-bond donors (Lipinski definition) is 2. The summed E-state index contributed by atoms with van der Waals surface area (Å²) in [6, 6.07) is 0. The Hall–Kier alpha value is -0.120. The molecule has 0 heterocycles. The van der Waals surface area contributed by atoms with E-state index in [0.717, 1.165) is 13.1 Å². The van der Waals surface area contributed by atoms with Crippen molar-refractivity contribution in [3.05, 3.63) is 0 Å². The third kappa shape index (κ3) is 3.44. The van der Waals surface area contributed by atoms with E-state index in [0.29, 0.717) is 5.92 Å². The third-order valence-corrected chi connectivity index (χ3v) is 4.12. The summed E-state index contributed by atoms with van der Waals surface area (Å²) in [7, 11) is 2.17. The van der Waals surface area contributed by atoms with Crippen LogP contribution in [0, 0.1) is 5.92 Å². The first-order chi connectivity index (χ1) is 7.64. The topological polar surface area (TPSA) is 49.5 Å². The molecule has 1 aliphatic carbocycles. The average Bonchev–Trinajstić information content (AvgIpc) is 2.54. The summed E-state index contributed by atoms with van der Waals surface area (Å²) in [5.74, 6) is 0.344. The molecule has 0 aliphatic heterocycles. The molecular formula is C13H28N2O. The Morgan fingerprint density at radius 1 is 1.25 bits per heavy atom. The van der Waals surface area contributed by atoms with Crippen molar-refractivity contribution in [3.63, 3.8) is 0 Å². The maximum Gasteiger partial charge on any atom is 0.0468 e. The van der Waals surface area contributed by atoms with Gasteiger partial charge in [0.05, 0.1) is 0 Å². The SMILES string of the molecule is CC(CO)CN(C)C1(CN)CCCCCC1. The average molecular weight is 228 g/mol. The molecule has 0 aromatic carbocycles. The highest BCUT2D eigenvalue weighted by molar-refractivity contribution is 4.92. The van der Waals surface area contributed by atoms with Crippen LogP contribution < -0.4 is 5.73 Å². The number of rotatable bonds is 5. The van der Waals surface area contributed by atoms with Crippen LogP contribution in [0.2, 0.25) is 0 Å². The summed E-state index contributed by atoms with van der Waals surface area (Å²) in [6.45, 7) is 4.07. The van der Waals surface area contributed by atoms with Crippen molar-refractivity contribution in [2.75, 3.05) is 26.7 Å². The van der Waals surface area contributed by atoms with Crippen molar-refractivity contribution < 1.29 is 5.11 Å². The van der Waals surface area contributed by atoms with Gasteiger partial charge in [0.1, 0.15) is 0 Å². The van der Waals surface area contributed by atoms with Gasteiger partial charge in [-0.05, 0) is 25.8 Å². The minimum atomic E-state index is 0.194. The van der Waals surface area contributed by atoms with Gasteiger partial charge in [-0.1, -0.05) is 32.6 Å². The quantitative estimate of drug-likeness (QED) is 0.703. The second-order valence-corrected chi connectivity index (χ2v) is 5.51. The molecule has 3 nitrogen and oxygen atoms in total. The van der Waals surface area contributed by atoms with Crippen molar-refractivity contribution >= 4 is 0 Å². The van der Waals surface area contributed by atoms with Crippen molar-refractivity contribution in [1.82, 2.24) is 4.90 Å². The molecule has 0 saturated heterocycles. The van der Waals surface area contributed by atoms with E-state index in [-0.39, 0.29) is 12.1 Å². The van der Waals surface area contributed by atoms with E-state index in [2.05, 4.69) is 18.9 Å². The van der Waals surface area contributed by atoms with E-state index in [9.17, 15) is 0 Å². The lowest BCUT2D eigenvalue weighted by Gasteiger charge is -2.42. The van der Waals surface area contributed by atoms with Crippen molar-refractivity contribution in [1.29, 1.82) is 0 Å². The van der Waals surface area contributed by atoms with Gasteiger partial charge >= 0.3 is 0 Å². The summed E-state index contributed by atoms with van der Waals surface area (Å²) in [4.78, 5) is 2.40. The molecule has 3 N–H and O–H groups in total. The van der Waals surface area contributed by atoms with E-state index < -0.39 is 0 Å². The minimum Gasteiger partial charge on any atom is -0.396 e. The molecule has 1 aliphatic rings. The van der Waals surface area contributed by atoms with Crippen molar-refractivity contribution in [3.8, 4) is 0 Å². The monoisotopic (exact) mass is 228 g/mol. The molecule has 0 amide bonds. The molecular weight excluding hydrogens is 200 g/mol. The van der Waals surface area contributed by atoms with Crippen LogP contribution >= 0.6 is 0 Å². The highest BCUT2D eigenvalue weighted by Gasteiger charge is 2.33. The maximum absolute atomic E-state index is 9.14. The molecule has 1 fully saturated rings. The van der Waals surface area contributed by atoms with Gasteiger partial charge in [0.15, 0.2) is 0 Å². The molecule has 16 heavy (non-hydrogen) atoms. The molecule has 0 radical (unpaired) electrons. The zero-order chi connectivity index (χ0) is 12.0. The second-order valence-electron chi connectivity index (χ2n) is 5.51.